The highest BCUT2D eigenvalue weighted by Crippen LogP contribution is 2.34. The first-order valence-electron chi connectivity index (χ1n) is 8.82. The van der Waals surface area contributed by atoms with E-state index in [-0.39, 0.29) is 5.91 Å². The van der Waals surface area contributed by atoms with Gasteiger partial charge in [0.25, 0.3) is 5.91 Å². The second kappa shape index (κ2) is 6.39. The first-order chi connectivity index (χ1) is 13.0. The Balaban J connectivity index is 1.61. The van der Waals surface area contributed by atoms with Crippen molar-refractivity contribution in [3.63, 3.8) is 0 Å². The molecule has 136 valence electrons. The molecule has 3 N–H and O–H groups in total. The van der Waals surface area contributed by atoms with Crippen molar-refractivity contribution < 1.29 is 9.59 Å². The van der Waals surface area contributed by atoms with E-state index in [9.17, 15) is 9.59 Å². The zero-order valence-corrected chi connectivity index (χ0v) is 15.0. The molecule has 2 aromatic carbocycles. The number of nitrogens with two attached hydrogens (primary N) is 1. The van der Waals surface area contributed by atoms with Crippen molar-refractivity contribution in [2.75, 3.05) is 16.8 Å². The number of para-hydroxylation sites is 1. The van der Waals surface area contributed by atoms with Gasteiger partial charge in [0.05, 0.1) is 11.2 Å². The van der Waals surface area contributed by atoms with Crippen LogP contribution in [0.25, 0.3) is 10.9 Å². The molecule has 1 unspecified atom stereocenters. The Bertz CT molecular complexity index is 1030. The van der Waals surface area contributed by atoms with Gasteiger partial charge in [-0.25, -0.2) is 0 Å². The lowest BCUT2D eigenvalue weighted by Gasteiger charge is -2.26. The molecule has 6 heteroatoms. The maximum absolute atomic E-state index is 13.2. The fourth-order valence-corrected chi connectivity index (χ4v) is 3.53. The molecule has 27 heavy (non-hydrogen) atoms. The van der Waals surface area contributed by atoms with Gasteiger partial charge >= 0.3 is 0 Å². The number of anilines is 2. The highest BCUT2D eigenvalue weighted by molar-refractivity contribution is 6.08. The molecule has 0 spiro atoms. The molecule has 1 aliphatic heterocycles. The number of aromatic nitrogens is 1. The van der Waals surface area contributed by atoms with Crippen LogP contribution in [0, 0.1) is 0 Å². The monoisotopic (exact) mass is 360 g/mol. The first-order valence-corrected chi connectivity index (χ1v) is 8.82. The molecule has 1 saturated heterocycles. The van der Waals surface area contributed by atoms with Crippen LogP contribution in [-0.2, 0) is 4.79 Å². The maximum atomic E-state index is 13.2. The van der Waals surface area contributed by atoms with Crippen LogP contribution < -0.4 is 16.0 Å². The van der Waals surface area contributed by atoms with Crippen molar-refractivity contribution in [2.45, 2.75) is 18.9 Å². The summed E-state index contributed by atoms with van der Waals surface area (Å²) < 4.78 is 0. The van der Waals surface area contributed by atoms with Gasteiger partial charge in [0.15, 0.2) is 0 Å². The van der Waals surface area contributed by atoms with Crippen LogP contribution >= 0.6 is 0 Å². The third-order valence-electron chi connectivity index (χ3n) is 5.04. The minimum Gasteiger partial charge on any atom is -0.371 e. The standard InChI is InChI=1S/C21H20N4O2/c1-21(24-16-9-7-15(8-10-16)19(22)26)11-13-25(20(21)27)17-6-2-4-14-5-3-12-23-18(14)17/h2-10,12,24H,11,13H2,1H3,(H2,22,26). The summed E-state index contributed by atoms with van der Waals surface area (Å²) in [4.78, 5) is 30.7. The fraction of sp³-hybridized carbons (Fsp3) is 0.190. The average Bonchev–Trinajstić information content (AvgIpc) is 2.96. The summed E-state index contributed by atoms with van der Waals surface area (Å²) in [5.74, 6) is -0.473. The zero-order chi connectivity index (χ0) is 19.0. The van der Waals surface area contributed by atoms with Crippen molar-refractivity contribution in [3.05, 3.63) is 66.4 Å². The molecule has 6 nitrogen and oxygen atoms in total. The number of fused-ring (bicyclic) bond motifs is 1. The van der Waals surface area contributed by atoms with Crippen LogP contribution in [-0.4, -0.2) is 28.9 Å². The lowest BCUT2D eigenvalue weighted by Crippen LogP contribution is -2.44. The van der Waals surface area contributed by atoms with Crippen LogP contribution in [0.4, 0.5) is 11.4 Å². The summed E-state index contributed by atoms with van der Waals surface area (Å²) >= 11 is 0. The molecule has 0 bridgehead atoms. The number of hydrogen-bond acceptors (Lipinski definition) is 4. The number of primary amides is 1. The largest absolute Gasteiger partial charge is 0.371 e. The normalized spacial score (nSPS) is 19.4. The van der Waals surface area contributed by atoms with Gasteiger partial charge in [0.2, 0.25) is 5.91 Å². The highest BCUT2D eigenvalue weighted by Gasteiger charge is 2.43. The molecule has 1 atom stereocenters. The molecular formula is C21H20N4O2. The average molecular weight is 360 g/mol. The smallest absolute Gasteiger partial charge is 0.252 e. The van der Waals surface area contributed by atoms with Crippen molar-refractivity contribution in [2.24, 2.45) is 5.73 Å². The number of benzene rings is 2. The van der Waals surface area contributed by atoms with Crippen LogP contribution in [0.15, 0.2) is 60.8 Å². The van der Waals surface area contributed by atoms with E-state index in [1.807, 2.05) is 37.3 Å². The summed E-state index contributed by atoms with van der Waals surface area (Å²) in [5.41, 5.74) is 7.40. The first kappa shape index (κ1) is 17.0. The van der Waals surface area contributed by atoms with Gasteiger partial charge in [-0.15, -0.1) is 0 Å². The van der Waals surface area contributed by atoms with E-state index in [0.717, 1.165) is 22.3 Å². The lowest BCUT2D eigenvalue weighted by atomic mass is 10.00. The fourth-order valence-electron chi connectivity index (χ4n) is 3.53. The third-order valence-corrected chi connectivity index (χ3v) is 5.04. The second-order valence-electron chi connectivity index (χ2n) is 6.96. The van der Waals surface area contributed by atoms with Crippen LogP contribution in [0.1, 0.15) is 23.7 Å². The van der Waals surface area contributed by atoms with E-state index >= 15 is 0 Å². The second-order valence-corrected chi connectivity index (χ2v) is 6.96. The minimum absolute atomic E-state index is 0.000342. The molecule has 4 rings (SSSR count). The predicted molar refractivity (Wildman–Crippen MR) is 106 cm³/mol. The van der Waals surface area contributed by atoms with Crippen LogP contribution in [0.2, 0.25) is 0 Å². The zero-order valence-electron chi connectivity index (χ0n) is 15.0. The quantitative estimate of drug-likeness (QED) is 0.749. The van der Waals surface area contributed by atoms with Gasteiger partial charge < -0.3 is 16.0 Å². The number of carbonyl (C=O) groups is 2. The number of pyridine rings is 1. The molecule has 1 aromatic heterocycles. The summed E-state index contributed by atoms with van der Waals surface area (Å²) in [6, 6.07) is 16.6. The molecule has 0 radical (unpaired) electrons. The van der Waals surface area contributed by atoms with Crippen molar-refractivity contribution in [1.82, 2.24) is 4.98 Å². The van der Waals surface area contributed by atoms with E-state index in [4.69, 9.17) is 5.73 Å². The lowest BCUT2D eigenvalue weighted by molar-refractivity contribution is -0.120. The molecule has 2 heterocycles. The van der Waals surface area contributed by atoms with Gasteiger partial charge in [-0.05, 0) is 49.7 Å². The maximum Gasteiger partial charge on any atom is 0.252 e. The molecule has 0 aliphatic carbocycles. The number of amides is 2. The van der Waals surface area contributed by atoms with Crippen molar-refractivity contribution in [1.29, 1.82) is 0 Å². The van der Waals surface area contributed by atoms with Crippen molar-refractivity contribution >= 4 is 34.1 Å². The van der Waals surface area contributed by atoms with E-state index < -0.39 is 11.4 Å². The molecule has 1 aliphatic rings. The Morgan fingerprint density at radius 2 is 1.89 bits per heavy atom. The van der Waals surface area contributed by atoms with Crippen LogP contribution in [0.3, 0.4) is 0 Å². The minimum atomic E-state index is -0.731. The Kier molecular flexibility index (Phi) is 4.03. The Morgan fingerprint density at radius 3 is 2.63 bits per heavy atom. The number of rotatable bonds is 4. The highest BCUT2D eigenvalue weighted by atomic mass is 16.2. The molecular weight excluding hydrogens is 340 g/mol. The number of carbonyl (C=O) groups excluding carboxylic acids is 2. The molecule has 0 saturated carbocycles. The van der Waals surface area contributed by atoms with E-state index in [2.05, 4.69) is 10.3 Å². The Morgan fingerprint density at radius 1 is 1.15 bits per heavy atom. The number of nitrogens with one attached hydrogen (secondary N) is 1. The summed E-state index contributed by atoms with van der Waals surface area (Å²) in [5, 5.41) is 4.32. The number of nitrogens with zero attached hydrogens (tertiary/aromatic N) is 2. The van der Waals surface area contributed by atoms with Crippen molar-refractivity contribution in [3.8, 4) is 0 Å². The predicted octanol–water partition coefficient (Wildman–Crippen LogP) is 2.94. The van der Waals surface area contributed by atoms with E-state index in [1.54, 1.807) is 35.4 Å². The molecule has 1 fully saturated rings. The van der Waals surface area contributed by atoms with Gasteiger partial charge in [-0.1, -0.05) is 18.2 Å². The summed E-state index contributed by atoms with van der Waals surface area (Å²) in [6.45, 7) is 2.51. The van der Waals surface area contributed by atoms with Gasteiger partial charge in [-0.3, -0.25) is 14.6 Å². The Labute approximate surface area is 157 Å². The molecule has 3 aromatic rings. The number of hydrogen-bond donors (Lipinski definition) is 2. The van der Waals surface area contributed by atoms with Gasteiger partial charge in [-0.2, -0.15) is 0 Å². The summed E-state index contributed by atoms with van der Waals surface area (Å²) in [7, 11) is 0. The van der Waals surface area contributed by atoms with E-state index in [1.165, 1.54) is 0 Å². The summed E-state index contributed by atoms with van der Waals surface area (Å²) in [6.07, 6.45) is 2.40. The van der Waals surface area contributed by atoms with Crippen LogP contribution in [0.5, 0.6) is 0 Å². The SMILES string of the molecule is CC1(Nc2ccc(C(N)=O)cc2)CCN(c2cccc3cccnc23)C1=O. The Hall–Kier alpha value is -3.41. The topological polar surface area (TPSA) is 88.3 Å². The van der Waals surface area contributed by atoms with Gasteiger partial charge in [0, 0.05) is 29.4 Å². The van der Waals surface area contributed by atoms with E-state index in [0.29, 0.717) is 18.5 Å². The van der Waals surface area contributed by atoms with Gasteiger partial charge in [0.1, 0.15) is 5.54 Å². The molecule has 2 amide bonds. The third kappa shape index (κ3) is 2.99.